The third-order valence-electron chi connectivity index (χ3n) is 3.61. The van der Waals surface area contributed by atoms with Crippen molar-refractivity contribution in [3.8, 4) is 5.75 Å². The highest BCUT2D eigenvalue weighted by molar-refractivity contribution is 5.93. The lowest BCUT2D eigenvalue weighted by molar-refractivity contribution is -0.120. The lowest BCUT2D eigenvalue weighted by Crippen LogP contribution is -2.30. The zero-order valence-electron chi connectivity index (χ0n) is 12.2. The molecule has 21 heavy (non-hydrogen) atoms. The van der Waals surface area contributed by atoms with Gasteiger partial charge in [0.1, 0.15) is 5.75 Å². The molecule has 0 fully saturated rings. The third-order valence-corrected chi connectivity index (χ3v) is 3.61. The van der Waals surface area contributed by atoms with Gasteiger partial charge in [-0.05, 0) is 24.1 Å². The van der Waals surface area contributed by atoms with Crippen LogP contribution in [0.4, 0.5) is 5.69 Å². The number of hydrogen-bond acceptors (Lipinski definition) is 3. The first kappa shape index (κ1) is 15.1. The minimum atomic E-state index is -0.379. The summed E-state index contributed by atoms with van der Waals surface area (Å²) >= 11 is 0. The van der Waals surface area contributed by atoms with Crippen LogP contribution in [-0.2, 0) is 4.79 Å². The standard InChI is InChI=1S/C17H20N2O2/c1-11-8-9-14(10-15(11)20)19-17(21)12(2)16(18)13-6-4-3-5-7-13/h3-10,12,16,20H,18H2,1-2H3,(H,19,21). The van der Waals surface area contributed by atoms with Crippen LogP contribution >= 0.6 is 0 Å². The molecule has 0 saturated heterocycles. The van der Waals surface area contributed by atoms with Crippen molar-refractivity contribution in [1.29, 1.82) is 0 Å². The summed E-state index contributed by atoms with van der Waals surface area (Å²) in [5.41, 5.74) is 8.39. The zero-order valence-corrected chi connectivity index (χ0v) is 12.2. The quantitative estimate of drug-likeness (QED) is 0.808. The molecule has 4 heteroatoms. The molecule has 0 aromatic heterocycles. The Labute approximate surface area is 124 Å². The maximum atomic E-state index is 12.3. The monoisotopic (exact) mass is 284 g/mol. The fourth-order valence-electron chi connectivity index (χ4n) is 2.07. The molecule has 0 aliphatic heterocycles. The molecule has 2 unspecified atom stereocenters. The van der Waals surface area contributed by atoms with Crippen molar-refractivity contribution < 1.29 is 9.90 Å². The molecule has 110 valence electrons. The number of benzene rings is 2. The highest BCUT2D eigenvalue weighted by Gasteiger charge is 2.22. The molecule has 4 nitrogen and oxygen atoms in total. The van der Waals surface area contributed by atoms with Gasteiger partial charge >= 0.3 is 0 Å². The van der Waals surface area contributed by atoms with Crippen LogP contribution in [0.25, 0.3) is 0 Å². The molecule has 2 rings (SSSR count). The van der Waals surface area contributed by atoms with Gasteiger partial charge in [0, 0.05) is 17.8 Å². The number of carbonyl (C=O) groups is 1. The minimum absolute atomic E-state index is 0.160. The van der Waals surface area contributed by atoms with E-state index < -0.39 is 0 Å². The molecule has 0 aliphatic rings. The highest BCUT2D eigenvalue weighted by atomic mass is 16.3. The maximum absolute atomic E-state index is 12.3. The van der Waals surface area contributed by atoms with Crippen LogP contribution in [0.2, 0.25) is 0 Å². The number of anilines is 1. The largest absolute Gasteiger partial charge is 0.508 e. The Kier molecular flexibility index (Phi) is 4.60. The van der Waals surface area contributed by atoms with Crippen molar-refractivity contribution in [2.24, 2.45) is 11.7 Å². The number of aromatic hydroxyl groups is 1. The molecule has 0 saturated carbocycles. The van der Waals surface area contributed by atoms with Crippen molar-refractivity contribution >= 4 is 11.6 Å². The number of amides is 1. The van der Waals surface area contributed by atoms with E-state index in [1.807, 2.05) is 30.3 Å². The van der Waals surface area contributed by atoms with Crippen LogP contribution in [-0.4, -0.2) is 11.0 Å². The van der Waals surface area contributed by atoms with Gasteiger partial charge in [-0.25, -0.2) is 0 Å². The predicted octanol–water partition coefficient (Wildman–Crippen LogP) is 2.98. The molecule has 1 amide bonds. The van der Waals surface area contributed by atoms with Gasteiger partial charge in [-0.2, -0.15) is 0 Å². The van der Waals surface area contributed by atoms with Crippen LogP contribution in [0.15, 0.2) is 48.5 Å². The summed E-state index contributed by atoms with van der Waals surface area (Å²) in [5.74, 6) is -0.390. The van der Waals surface area contributed by atoms with E-state index in [1.54, 1.807) is 26.0 Å². The molecular weight excluding hydrogens is 264 g/mol. The zero-order chi connectivity index (χ0) is 15.4. The molecule has 4 N–H and O–H groups in total. The second kappa shape index (κ2) is 6.41. The van der Waals surface area contributed by atoms with Gasteiger partial charge in [0.2, 0.25) is 5.91 Å². The number of aryl methyl sites for hydroxylation is 1. The summed E-state index contributed by atoms with van der Waals surface area (Å²) in [6.07, 6.45) is 0. The van der Waals surface area contributed by atoms with Gasteiger partial charge in [0.05, 0.1) is 5.92 Å². The molecule has 0 aliphatic carbocycles. The Balaban J connectivity index is 2.07. The Hall–Kier alpha value is -2.33. The number of nitrogens with two attached hydrogens (primary N) is 1. The first-order valence-corrected chi connectivity index (χ1v) is 6.90. The molecule has 2 aromatic rings. The molecule has 2 aromatic carbocycles. The number of phenols is 1. The fraction of sp³-hybridized carbons (Fsp3) is 0.235. The Morgan fingerprint density at radius 3 is 2.48 bits per heavy atom. The number of nitrogens with one attached hydrogen (secondary N) is 1. The van der Waals surface area contributed by atoms with Crippen LogP contribution in [0, 0.1) is 12.8 Å². The lowest BCUT2D eigenvalue weighted by atomic mass is 9.94. The number of carbonyl (C=O) groups excluding carboxylic acids is 1. The Morgan fingerprint density at radius 2 is 1.86 bits per heavy atom. The van der Waals surface area contributed by atoms with E-state index in [0.29, 0.717) is 5.69 Å². The summed E-state index contributed by atoms with van der Waals surface area (Å²) in [6, 6.07) is 14.2. The summed E-state index contributed by atoms with van der Waals surface area (Å²) in [4.78, 5) is 12.3. The molecule has 2 atom stereocenters. The van der Waals surface area contributed by atoms with Crippen molar-refractivity contribution in [1.82, 2.24) is 0 Å². The van der Waals surface area contributed by atoms with E-state index in [1.165, 1.54) is 6.07 Å². The maximum Gasteiger partial charge on any atom is 0.229 e. The van der Waals surface area contributed by atoms with Crippen molar-refractivity contribution in [2.45, 2.75) is 19.9 Å². The summed E-state index contributed by atoms with van der Waals surface area (Å²) in [5, 5.41) is 12.4. The van der Waals surface area contributed by atoms with Gasteiger partial charge in [0.15, 0.2) is 0 Å². The fourth-order valence-corrected chi connectivity index (χ4v) is 2.07. The van der Waals surface area contributed by atoms with E-state index in [-0.39, 0.29) is 23.6 Å². The smallest absolute Gasteiger partial charge is 0.229 e. The van der Waals surface area contributed by atoms with Crippen molar-refractivity contribution in [3.63, 3.8) is 0 Å². The highest BCUT2D eigenvalue weighted by Crippen LogP contribution is 2.24. The van der Waals surface area contributed by atoms with Gasteiger partial charge in [-0.15, -0.1) is 0 Å². The predicted molar refractivity (Wildman–Crippen MR) is 84.0 cm³/mol. The minimum Gasteiger partial charge on any atom is -0.508 e. The molecule has 0 radical (unpaired) electrons. The van der Waals surface area contributed by atoms with Crippen LogP contribution in [0.1, 0.15) is 24.1 Å². The van der Waals surface area contributed by atoms with E-state index >= 15 is 0 Å². The van der Waals surface area contributed by atoms with E-state index in [4.69, 9.17) is 5.73 Å². The van der Waals surface area contributed by atoms with Gasteiger partial charge in [0.25, 0.3) is 0 Å². The summed E-state index contributed by atoms with van der Waals surface area (Å²) in [7, 11) is 0. The van der Waals surface area contributed by atoms with E-state index in [0.717, 1.165) is 11.1 Å². The van der Waals surface area contributed by atoms with Gasteiger partial charge in [-0.3, -0.25) is 4.79 Å². The first-order chi connectivity index (χ1) is 9.99. The second-order valence-corrected chi connectivity index (χ2v) is 5.22. The first-order valence-electron chi connectivity index (χ1n) is 6.90. The van der Waals surface area contributed by atoms with Crippen molar-refractivity contribution in [2.75, 3.05) is 5.32 Å². The van der Waals surface area contributed by atoms with Crippen LogP contribution in [0.3, 0.4) is 0 Å². The van der Waals surface area contributed by atoms with Gasteiger partial charge < -0.3 is 16.2 Å². The van der Waals surface area contributed by atoms with E-state index in [2.05, 4.69) is 5.32 Å². The normalized spacial score (nSPS) is 13.5. The number of hydrogen-bond donors (Lipinski definition) is 3. The third kappa shape index (κ3) is 3.61. The SMILES string of the molecule is Cc1ccc(NC(=O)C(C)C(N)c2ccccc2)cc1O. The van der Waals surface area contributed by atoms with Gasteiger partial charge in [-0.1, -0.05) is 43.3 Å². The second-order valence-electron chi connectivity index (χ2n) is 5.22. The molecule has 0 heterocycles. The van der Waals surface area contributed by atoms with Crippen LogP contribution < -0.4 is 11.1 Å². The topological polar surface area (TPSA) is 75.4 Å². The summed E-state index contributed by atoms with van der Waals surface area (Å²) in [6.45, 7) is 3.59. The lowest BCUT2D eigenvalue weighted by Gasteiger charge is -2.20. The van der Waals surface area contributed by atoms with Crippen LogP contribution in [0.5, 0.6) is 5.75 Å². The summed E-state index contributed by atoms with van der Waals surface area (Å²) < 4.78 is 0. The molecule has 0 spiro atoms. The van der Waals surface area contributed by atoms with Crippen molar-refractivity contribution in [3.05, 3.63) is 59.7 Å². The average molecular weight is 284 g/mol. The Bertz CT molecular complexity index is 626. The molecular formula is C17H20N2O2. The number of rotatable bonds is 4. The van der Waals surface area contributed by atoms with E-state index in [9.17, 15) is 9.90 Å². The molecule has 0 bridgehead atoms. The number of phenolic OH excluding ortho intramolecular Hbond substituents is 1. The Morgan fingerprint density at radius 1 is 1.19 bits per heavy atom. The average Bonchev–Trinajstić information content (AvgIpc) is 2.50.